The molecule has 0 saturated carbocycles. The van der Waals surface area contributed by atoms with Crippen LogP contribution in [0.5, 0.6) is 0 Å². The zero-order chi connectivity index (χ0) is 33.6. The number of amides is 1. The Balaban J connectivity index is 1.27. The third-order valence-corrected chi connectivity index (χ3v) is 8.45. The van der Waals surface area contributed by atoms with Gasteiger partial charge in [0.1, 0.15) is 29.3 Å². The standard InChI is InChI=1S/C32H27F5N4O6/c1-40-26-4-5-38-12-17(26)8-20(30(40)43)19-3-2-16(21-13-47-14-22(19)21)9-25(31(44)45)39-29(42)28-23(33)10-18(11-24(28)34)41-6-7-46-15-27(41)32(35,36)37/h2-5,8,10-12,25,27H,6-7,9,13-15H2,1H3,(H,39,42)(H,44,45)/t25-,27+/m0/s1. The van der Waals surface area contributed by atoms with E-state index in [2.05, 4.69) is 10.3 Å². The molecule has 2 atom stereocenters. The van der Waals surface area contributed by atoms with Crippen molar-refractivity contribution < 1.29 is 46.1 Å². The van der Waals surface area contributed by atoms with Crippen molar-refractivity contribution >= 4 is 28.5 Å². The van der Waals surface area contributed by atoms with Crippen molar-refractivity contribution in [3.63, 3.8) is 0 Å². The molecule has 2 aliphatic rings. The highest BCUT2D eigenvalue weighted by Crippen LogP contribution is 2.35. The number of carbonyl (C=O) groups excluding carboxylic acids is 1. The molecule has 0 radical (unpaired) electrons. The first kappa shape index (κ1) is 32.1. The van der Waals surface area contributed by atoms with Gasteiger partial charge in [-0.2, -0.15) is 13.2 Å². The van der Waals surface area contributed by atoms with Crippen molar-refractivity contribution in [1.29, 1.82) is 0 Å². The summed E-state index contributed by atoms with van der Waals surface area (Å²) in [7, 11) is 1.64. The number of aryl methyl sites for hydroxylation is 1. The van der Waals surface area contributed by atoms with Crippen LogP contribution < -0.4 is 15.8 Å². The minimum atomic E-state index is -4.75. The van der Waals surface area contributed by atoms with E-state index >= 15 is 8.78 Å². The van der Waals surface area contributed by atoms with Crippen LogP contribution in [0.15, 0.2) is 53.6 Å². The second kappa shape index (κ2) is 12.4. The lowest BCUT2D eigenvalue weighted by atomic mass is 9.91. The van der Waals surface area contributed by atoms with Crippen molar-refractivity contribution in [2.24, 2.45) is 7.05 Å². The number of aliphatic carboxylic acids is 1. The van der Waals surface area contributed by atoms with Crippen molar-refractivity contribution in [3.05, 3.63) is 93.0 Å². The summed E-state index contributed by atoms with van der Waals surface area (Å²) in [4.78, 5) is 43.4. The highest BCUT2D eigenvalue weighted by atomic mass is 19.4. The molecule has 246 valence electrons. The quantitative estimate of drug-likeness (QED) is 0.285. The van der Waals surface area contributed by atoms with Crippen LogP contribution in [0.3, 0.4) is 0 Å². The molecule has 1 amide bonds. The third-order valence-electron chi connectivity index (χ3n) is 8.45. The van der Waals surface area contributed by atoms with Gasteiger partial charge in [-0.1, -0.05) is 12.1 Å². The maximum atomic E-state index is 15.1. The van der Waals surface area contributed by atoms with Gasteiger partial charge in [0, 0.05) is 49.0 Å². The molecule has 4 heterocycles. The lowest BCUT2D eigenvalue weighted by Crippen LogP contribution is -2.53. The van der Waals surface area contributed by atoms with E-state index in [4.69, 9.17) is 9.47 Å². The van der Waals surface area contributed by atoms with Crippen molar-refractivity contribution in [2.75, 3.05) is 24.7 Å². The summed E-state index contributed by atoms with van der Waals surface area (Å²) in [5, 5.41) is 12.8. The number of halogens is 5. The Morgan fingerprint density at radius 2 is 1.79 bits per heavy atom. The second-order valence-corrected chi connectivity index (χ2v) is 11.3. The first-order valence-electron chi connectivity index (χ1n) is 14.4. The van der Waals surface area contributed by atoms with E-state index in [1.54, 1.807) is 43.7 Å². The largest absolute Gasteiger partial charge is 0.480 e. The molecule has 0 aliphatic carbocycles. The summed E-state index contributed by atoms with van der Waals surface area (Å²) < 4.78 is 82.8. The highest BCUT2D eigenvalue weighted by Gasteiger charge is 2.46. The smallest absolute Gasteiger partial charge is 0.411 e. The van der Waals surface area contributed by atoms with E-state index in [0.717, 1.165) is 10.3 Å². The fourth-order valence-electron chi connectivity index (χ4n) is 6.08. The number of alkyl halides is 3. The summed E-state index contributed by atoms with van der Waals surface area (Å²) in [5.74, 6) is -5.81. The molecule has 2 aromatic heterocycles. The number of rotatable bonds is 7. The number of nitrogens with zero attached hydrogens (tertiary/aromatic N) is 3. The van der Waals surface area contributed by atoms with Crippen LogP contribution >= 0.6 is 0 Å². The maximum absolute atomic E-state index is 15.1. The molecule has 2 N–H and O–H groups in total. The Morgan fingerprint density at radius 3 is 2.49 bits per heavy atom. The van der Waals surface area contributed by atoms with Crippen molar-refractivity contribution in [1.82, 2.24) is 14.9 Å². The van der Waals surface area contributed by atoms with Gasteiger partial charge in [-0.05, 0) is 46.5 Å². The van der Waals surface area contributed by atoms with Crippen molar-refractivity contribution in [2.45, 2.75) is 37.9 Å². The van der Waals surface area contributed by atoms with Gasteiger partial charge in [0.25, 0.3) is 11.5 Å². The number of aromatic nitrogens is 2. The number of fused-ring (bicyclic) bond motifs is 2. The molecule has 0 unspecified atom stereocenters. The Morgan fingerprint density at radius 1 is 1.06 bits per heavy atom. The molecular weight excluding hydrogens is 631 g/mol. The third kappa shape index (κ3) is 6.03. The fraction of sp³-hybridized carbons (Fsp3) is 0.312. The van der Waals surface area contributed by atoms with E-state index in [9.17, 15) is 32.7 Å². The van der Waals surface area contributed by atoms with Crippen LogP contribution in [0.4, 0.5) is 27.6 Å². The van der Waals surface area contributed by atoms with Crippen LogP contribution in [0, 0.1) is 11.6 Å². The molecule has 6 rings (SSSR count). The van der Waals surface area contributed by atoms with E-state index in [0.29, 0.717) is 45.5 Å². The number of carboxylic acid groups (broad SMARTS) is 1. The summed E-state index contributed by atoms with van der Waals surface area (Å²) in [6, 6.07) is 4.11. The van der Waals surface area contributed by atoms with Gasteiger partial charge >= 0.3 is 12.1 Å². The molecule has 47 heavy (non-hydrogen) atoms. The van der Waals surface area contributed by atoms with Gasteiger partial charge in [0.15, 0.2) is 0 Å². The Labute approximate surface area is 263 Å². The summed E-state index contributed by atoms with van der Waals surface area (Å²) in [6.07, 6.45) is -1.83. The molecule has 1 saturated heterocycles. The number of ether oxygens (including phenoxy) is 2. The lowest BCUT2D eigenvalue weighted by molar-refractivity contribution is -0.167. The van der Waals surface area contributed by atoms with Crippen LogP contribution in [0.2, 0.25) is 0 Å². The SMILES string of the molecule is Cn1c(=O)c(-c2ccc(C[C@H](NC(=O)c3c(F)cc(N4CCOC[C@@H]4C(F)(F)F)cc3F)C(=O)O)c3c2COC3)cc2cnccc21. The number of benzene rings is 2. The van der Waals surface area contributed by atoms with Gasteiger partial charge in [-0.3, -0.25) is 14.6 Å². The minimum absolute atomic E-state index is 0.0966. The van der Waals surface area contributed by atoms with Gasteiger partial charge < -0.3 is 29.4 Å². The number of hydrogen-bond acceptors (Lipinski definition) is 7. The van der Waals surface area contributed by atoms with E-state index in [-0.39, 0.29) is 38.3 Å². The number of anilines is 1. The monoisotopic (exact) mass is 658 g/mol. The molecular formula is C32H27F5N4O6. The van der Waals surface area contributed by atoms with Crippen LogP contribution in [-0.2, 0) is 41.0 Å². The number of hydrogen-bond donors (Lipinski definition) is 2. The van der Waals surface area contributed by atoms with Crippen LogP contribution in [0.1, 0.15) is 27.0 Å². The van der Waals surface area contributed by atoms with E-state index < -0.39 is 59.6 Å². The fourth-order valence-corrected chi connectivity index (χ4v) is 6.08. The Bertz CT molecular complexity index is 1940. The Hall–Kier alpha value is -4.89. The first-order valence-corrected chi connectivity index (χ1v) is 14.4. The highest BCUT2D eigenvalue weighted by molar-refractivity contribution is 5.97. The Kier molecular flexibility index (Phi) is 8.44. The van der Waals surface area contributed by atoms with E-state index in [1.165, 1.54) is 4.57 Å². The average molecular weight is 659 g/mol. The van der Waals surface area contributed by atoms with Gasteiger partial charge in [0.05, 0.1) is 31.9 Å². The van der Waals surface area contributed by atoms with Gasteiger partial charge in [-0.25, -0.2) is 13.6 Å². The van der Waals surface area contributed by atoms with Crippen molar-refractivity contribution in [3.8, 4) is 11.1 Å². The predicted molar refractivity (Wildman–Crippen MR) is 158 cm³/mol. The average Bonchev–Trinajstić information content (AvgIpc) is 3.53. The first-order chi connectivity index (χ1) is 22.3. The lowest BCUT2D eigenvalue weighted by Gasteiger charge is -2.38. The molecule has 0 spiro atoms. The second-order valence-electron chi connectivity index (χ2n) is 11.3. The summed E-state index contributed by atoms with van der Waals surface area (Å²) in [6.45, 7) is -0.904. The van der Waals surface area contributed by atoms with Crippen LogP contribution in [0.25, 0.3) is 22.0 Å². The predicted octanol–water partition coefficient (Wildman–Crippen LogP) is 4.10. The number of carbonyl (C=O) groups is 2. The molecule has 2 aromatic carbocycles. The van der Waals surface area contributed by atoms with Crippen LogP contribution in [-0.4, -0.2) is 64.6 Å². The van der Waals surface area contributed by atoms with E-state index in [1.807, 2.05) is 0 Å². The zero-order valence-electron chi connectivity index (χ0n) is 24.7. The molecule has 4 aromatic rings. The topological polar surface area (TPSA) is 123 Å². The minimum Gasteiger partial charge on any atom is -0.480 e. The maximum Gasteiger partial charge on any atom is 0.411 e. The normalized spacial score (nSPS) is 17.1. The molecule has 10 nitrogen and oxygen atoms in total. The number of nitrogens with one attached hydrogen (secondary N) is 1. The molecule has 0 bridgehead atoms. The number of morpholine rings is 1. The molecule has 1 fully saturated rings. The number of carboxylic acids is 1. The summed E-state index contributed by atoms with van der Waals surface area (Å²) in [5.41, 5.74) is 1.56. The molecule has 2 aliphatic heterocycles. The number of pyridine rings is 2. The van der Waals surface area contributed by atoms with Gasteiger partial charge in [0.2, 0.25) is 0 Å². The summed E-state index contributed by atoms with van der Waals surface area (Å²) >= 11 is 0. The zero-order valence-corrected chi connectivity index (χ0v) is 24.7. The molecule has 15 heteroatoms. The van der Waals surface area contributed by atoms with Gasteiger partial charge in [-0.15, -0.1) is 0 Å².